The Morgan fingerprint density at radius 3 is 2.85 bits per heavy atom. The molecular weight excluding hydrogens is 158 g/mol. The first-order valence-electron chi connectivity index (χ1n) is 5.73. The molecule has 0 N–H and O–H groups in total. The largest absolute Gasteiger partial charge is 0.377 e. The number of hydrogen-bond acceptors (Lipinski definition) is 1. The van der Waals surface area contributed by atoms with Gasteiger partial charge in [-0.05, 0) is 25.0 Å². The Balaban J connectivity index is 2.07. The summed E-state index contributed by atoms with van der Waals surface area (Å²) >= 11 is 0. The Hall–Kier alpha value is -0.460. The second kappa shape index (κ2) is 6.06. The monoisotopic (exact) mass is 181 g/mol. The highest BCUT2D eigenvalue weighted by Gasteiger charge is 2.09. The van der Waals surface area contributed by atoms with Crippen molar-refractivity contribution in [3.8, 4) is 0 Å². The Morgan fingerprint density at radius 1 is 1.31 bits per heavy atom. The molecule has 76 valence electrons. The number of nitrogens with zero attached hydrogens (tertiary/aromatic N) is 1. The van der Waals surface area contributed by atoms with E-state index in [2.05, 4.69) is 31.0 Å². The van der Waals surface area contributed by atoms with Crippen LogP contribution in [0.15, 0.2) is 12.3 Å². The maximum absolute atomic E-state index is 2.48. The molecule has 0 spiro atoms. The van der Waals surface area contributed by atoms with Gasteiger partial charge in [-0.1, -0.05) is 39.2 Å². The van der Waals surface area contributed by atoms with Gasteiger partial charge in [0.2, 0.25) is 0 Å². The summed E-state index contributed by atoms with van der Waals surface area (Å²) in [4.78, 5) is 2.48. The van der Waals surface area contributed by atoms with E-state index in [1.807, 2.05) is 0 Å². The molecule has 1 rings (SSSR count). The van der Waals surface area contributed by atoms with Crippen molar-refractivity contribution in [1.82, 2.24) is 4.90 Å². The van der Waals surface area contributed by atoms with Crippen molar-refractivity contribution in [2.24, 2.45) is 5.92 Å². The van der Waals surface area contributed by atoms with Crippen molar-refractivity contribution in [2.45, 2.75) is 46.0 Å². The normalized spacial score (nSPS) is 22.3. The highest BCUT2D eigenvalue weighted by Crippen LogP contribution is 2.13. The summed E-state index contributed by atoms with van der Waals surface area (Å²) in [7, 11) is 0. The third-order valence-electron chi connectivity index (χ3n) is 2.70. The highest BCUT2D eigenvalue weighted by molar-refractivity contribution is 4.90. The Kier molecular flexibility index (Phi) is 4.95. The quantitative estimate of drug-likeness (QED) is 0.587. The highest BCUT2D eigenvalue weighted by atomic mass is 15.1. The number of allylic oxidation sites excluding steroid dienone is 1. The number of rotatable bonds is 5. The van der Waals surface area contributed by atoms with E-state index in [1.165, 1.54) is 45.2 Å². The summed E-state index contributed by atoms with van der Waals surface area (Å²) in [6.45, 7) is 7.13. The zero-order valence-electron chi connectivity index (χ0n) is 9.13. The third kappa shape index (κ3) is 4.35. The summed E-state index contributed by atoms with van der Waals surface area (Å²) in [5.41, 5.74) is 0. The molecular formula is C12H23N. The molecule has 0 aromatic rings. The van der Waals surface area contributed by atoms with Crippen LogP contribution in [0.25, 0.3) is 0 Å². The molecule has 0 saturated carbocycles. The van der Waals surface area contributed by atoms with E-state index in [-0.39, 0.29) is 0 Å². The van der Waals surface area contributed by atoms with Gasteiger partial charge in [0, 0.05) is 13.1 Å². The Bertz CT molecular complexity index is 151. The van der Waals surface area contributed by atoms with Gasteiger partial charge in [0.1, 0.15) is 0 Å². The maximum atomic E-state index is 2.48. The third-order valence-corrected chi connectivity index (χ3v) is 2.70. The fourth-order valence-electron chi connectivity index (χ4n) is 1.89. The minimum atomic E-state index is 0.858. The van der Waals surface area contributed by atoms with Crippen molar-refractivity contribution in [3.63, 3.8) is 0 Å². The lowest BCUT2D eigenvalue weighted by Crippen LogP contribution is -2.27. The molecule has 0 aromatic carbocycles. The van der Waals surface area contributed by atoms with Gasteiger partial charge in [-0.25, -0.2) is 0 Å². The minimum Gasteiger partial charge on any atom is -0.377 e. The average Bonchev–Trinajstić information content (AvgIpc) is 2.13. The molecule has 0 aliphatic carbocycles. The molecule has 0 bridgehead atoms. The average molecular weight is 181 g/mol. The van der Waals surface area contributed by atoms with E-state index < -0.39 is 0 Å². The van der Waals surface area contributed by atoms with Crippen LogP contribution in [0.5, 0.6) is 0 Å². The topological polar surface area (TPSA) is 3.24 Å². The summed E-state index contributed by atoms with van der Waals surface area (Å²) < 4.78 is 0. The molecule has 1 nitrogen and oxygen atoms in total. The van der Waals surface area contributed by atoms with Crippen LogP contribution in [-0.2, 0) is 0 Å². The second-order valence-corrected chi connectivity index (χ2v) is 4.28. The van der Waals surface area contributed by atoms with Crippen LogP contribution in [0.3, 0.4) is 0 Å². The zero-order valence-corrected chi connectivity index (χ0v) is 9.13. The SMILES string of the molecule is CCCCCCN1C=CC[C@H](C)C1. The Morgan fingerprint density at radius 2 is 2.15 bits per heavy atom. The first-order chi connectivity index (χ1) is 6.33. The number of unbranched alkanes of at least 4 members (excludes halogenated alkanes) is 3. The molecule has 0 unspecified atom stereocenters. The lowest BCUT2D eigenvalue weighted by molar-refractivity contribution is 0.294. The predicted molar refractivity (Wildman–Crippen MR) is 58.6 cm³/mol. The molecule has 0 aromatic heterocycles. The van der Waals surface area contributed by atoms with Crippen LogP contribution in [0.2, 0.25) is 0 Å². The summed E-state index contributed by atoms with van der Waals surface area (Å²) in [6.07, 6.45) is 11.4. The van der Waals surface area contributed by atoms with Crippen LogP contribution >= 0.6 is 0 Å². The second-order valence-electron chi connectivity index (χ2n) is 4.28. The summed E-state index contributed by atoms with van der Waals surface area (Å²) in [5, 5.41) is 0. The molecule has 0 fully saturated rings. The predicted octanol–water partition coefficient (Wildman–Crippen LogP) is 3.42. The van der Waals surface area contributed by atoms with E-state index in [0.29, 0.717) is 0 Å². The van der Waals surface area contributed by atoms with E-state index in [4.69, 9.17) is 0 Å². The minimum absolute atomic E-state index is 0.858. The van der Waals surface area contributed by atoms with E-state index in [0.717, 1.165) is 5.92 Å². The summed E-state index contributed by atoms with van der Waals surface area (Å²) in [6, 6.07) is 0. The van der Waals surface area contributed by atoms with Crippen LogP contribution < -0.4 is 0 Å². The van der Waals surface area contributed by atoms with E-state index in [1.54, 1.807) is 0 Å². The van der Waals surface area contributed by atoms with Gasteiger partial charge in [-0.3, -0.25) is 0 Å². The van der Waals surface area contributed by atoms with E-state index >= 15 is 0 Å². The van der Waals surface area contributed by atoms with Crippen molar-refractivity contribution in [1.29, 1.82) is 0 Å². The molecule has 13 heavy (non-hydrogen) atoms. The van der Waals surface area contributed by atoms with Crippen molar-refractivity contribution < 1.29 is 0 Å². The lowest BCUT2D eigenvalue weighted by Gasteiger charge is -2.27. The fraction of sp³-hybridized carbons (Fsp3) is 0.833. The van der Waals surface area contributed by atoms with Crippen molar-refractivity contribution in [2.75, 3.05) is 13.1 Å². The van der Waals surface area contributed by atoms with Gasteiger partial charge in [0.25, 0.3) is 0 Å². The zero-order chi connectivity index (χ0) is 9.52. The molecule has 1 aliphatic heterocycles. The molecule has 1 heteroatoms. The standard InChI is InChI=1S/C12H23N/c1-3-4-5-6-9-13-10-7-8-12(2)11-13/h7,10,12H,3-6,8-9,11H2,1-2H3/t12-/m0/s1. The first-order valence-corrected chi connectivity index (χ1v) is 5.73. The van der Waals surface area contributed by atoms with Gasteiger partial charge in [0.15, 0.2) is 0 Å². The van der Waals surface area contributed by atoms with Gasteiger partial charge in [-0.15, -0.1) is 0 Å². The van der Waals surface area contributed by atoms with Gasteiger partial charge >= 0.3 is 0 Å². The smallest absolute Gasteiger partial charge is 0.0201 e. The fourth-order valence-corrected chi connectivity index (χ4v) is 1.89. The van der Waals surface area contributed by atoms with Gasteiger partial charge in [0.05, 0.1) is 0 Å². The number of hydrogen-bond donors (Lipinski definition) is 0. The van der Waals surface area contributed by atoms with Crippen LogP contribution in [0.4, 0.5) is 0 Å². The Labute approximate surface area is 82.8 Å². The van der Waals surface area contributed by atoms with Crippen LogP contribution in [-0.4, -0.2) is 18.0 Å². The molecule has 0 saturated heterocycles. The molecule has 1 heterocycles. The van der Waals surface area contributed by atoms with Gasteiger partial charge < -0.3 is 4.90 Å². The van der Waals surface area contributed by atoms with Crippen LogP contribution in [0, 0.1) is 5.92 Å². The lowest BCUT2D eigenvalue weighted by atomic mass is 10.0. The molecule has 1 aliphatic rings. The molecule has 1 atom stereocenters. The van der Waals surface area contributed by atoms with E-state index in [9.17, 15) is 0 Å². The van der Waals surface area contributed by atoms with Crippen LogP contribution in [0.1, 0.15) is 46.0 Å². The summed E-state index contributed by atoms with van der Waals surface area (Å²) in [5.74, 6) is 0.858. The van der Waals surface area contributed by atoms with Gasteiger partial charge in [-0.2, -0.15) is 0 Å². The van der Waals surface area contributed by atoms with Crippen molar-refractivity contribution in [3.05, 3.63) is 12.3 Å². The molecule has 0 radical (unpaired) electrons. The first kappa shape index (κ1) is 10.6. The molecule has 0 amide bonds. The maximum Gasteiger partial charge on any atom is 0.0201 e. The van der Waals surface area contributed by atoms with Crippen molar-refractivity contribution >= 4 is 0 Å².